The zero-order valence-electron chi connectivity index (χ0n) is 2.89. The van der Waals surface area contributed by atoms with Crippen molar-refractivity contribution < 1.29 is 22.4 Å². The van der Waals surface area contributed by atoms with Crippen molar-refractivity contribution in [2.45, 2.75) is 0 Å². The van der Waals surface area contributed by atoms with Crippen LogP contribution in [0.4, 0.5) is 0 Å². The van der Waals surface area contributed by atoms with E-state index in [9.17, 15) is 0 Å². The Balaban J connectivity index is 0. The summed E-state index contributed by atoms with van der Waals surface area (Å²) in [7, 11) is 0. The first kappa shape index (κ1) is 24.8. The zero-order valence-corrected chi connectivity index (χ0v) is 12.7. The molecule has 0 aromatic heterocycles. The Morgan fingerprint density at radius 1 is 1.00 bits per heavy atom. The second kappa shape index (κ2) is 15.8. The van der Waals surface area contributed by atoms with E-state index in [1.54, 1.807) is 0 Å². The van der Waals surface area contributed by atoms with E-state index in [0.717, 1.165) is 0 Å². The van der Waals surface area contributed by atoms with Gasteiger partial charge in [0.15, 0.2) is 0 Å². The molecule has 0 aliphatic rings. The van der Waals surface area contributed by atoms with Gasteiger partial charge in [0, 0.05) is 119 Å². The summed E-state index contributed by atoms with van der Waals surface area (Å²) in [5.41, 5.74) is 0. The fourth-order valence-corrected chi connectivity index (χ4v) is 0. The molecule has 0 saturated carbocycles. The van der Waals surface area contributed by atoms with Gasteiger partial charge in [0.05, 0.1) is 0 Å². The third-order valence-electron chi connectivity index (χ3n) is 0. The van der Waals surface area contributed by atoms with Crippen LogP contribution in [0.1, 0.15) is 0 Å². The summed E-state index contributed by atoms with van der Waals surface area (Å²) in [6, 6.07) is 0. The summed E-state index contributed by atoms with van der Waals surface area (Å²) in [6.07, 6.45) is 0. The van der Waals surface area contributed by atoms with E-state index in [4.69, 9.17) is 0 Å². The summed E-state index contributed by atoms with van der Waals surface area (Å²) >= 11 is 0. The minimum absolute atomic E-state index is 0. The zero-order chi connectivity index (χ0) is 0. The van der Waals surface area contributed by atoms with Crippen LogP contribution in [0.5, 0.6) is 0 Å². The van der Waals surface area contributed by atoms with Crippen LogP contribution in [0.15, 0.2) is 0 Å². The molecule has 0 unspecified atom stereocenters. The van der Waals surface area contributed by atoms with E-state index >= 15 is 0 Å². The van der Waals surface area contributed by atoms with Gasteiger partial charge in [-0.15, -0.1) is 0 Å². The van der Waals surface area contributed by atoms with Crippen molar-refractivity contribution in [2.24, 2.45) is 0 Å². The fourth-order valence-electron chi connectivity index (χ4n) is 0. The van der Waals surface area contributed by atoms with E-state index in [2.05, 4.69) is 0 Å². The maximum absolute atomic E-state index is 0. The minimum Gasteiger partial charge on any atom is 0 e. The first-order chi connectivity index (χ1) is 0. The van der Waals surface area contributed by atoms with Gasteiger partial charge >= 0.3 is 0 Å². The smallest absolute Gasteiger partial charge is 0 e. The topological polar surface area (TPSA) is 0 Å². The second-order valence-corrected chi connectivity index (χ2v) is 0. The molecule has 0 rings (SSSR count). The molecule has 0 aromatic carbocycles. The molecule has 0 atom stereocenters. The van der Waals surface area contributed by atoms with Crippen LogP contribution in [0.3, 0.4) is 0 Å². The van der Waals surface area contributed by atoms with Crippen molar-refractivity contribution in [3.05, 3.63) is 0 Å². The second-order valence-electron chi connectivity index (χ2n) is 0. The van der Waals surface area contributed by atoms with Gasteiger partial charge in [0.2, 0.25) is 0 Å². The van der Waals surface area contributed by atoms with Crippen LogP contribution in [0.2, 0.25) is 0 Å². The van der Waals surface area contributed by atoms with Crippen LogP contribution < -0.4 is 0 Å². The molecule has 0 saturated heterocycles. The number of hydrogen-bond acceptors (Lipinski definition) is 0. The first-order valence-electron chi connectivity index (χ1n) is 0. The molecule has 12 valence electrons. The van der Waals surface area contributed by atoms with E-state index in [1.807, 2.05) is 0 Å². The molecule has 4 heavy (non-hydrogen) atoms. The SMILES string of the molecule is [Bi].[K].[Li].[Ta]. The quantitative estimate of drug-likeness (QED) is 0.422. The summed E-state index contributed by atoms with van der Waals surface area (Å²) in [5.74, 6) is 0. The van der Waals surface area contributed by atoms with E-state index in [0.29, 0.717) is 0 Å². The largest absolute Gasteiger partial charge is 0 e. The van der Waals surface area contributed by atoms with E-state index in [1.165, 1.54) is 0 Å². The molecule has 0 heterocycles. The standard InChI is InChI=1S/Bi.K.Li.Ta. The Hall–Kier alpha value is 3.86. The van der Waals surface area contributed by atoms with Gasteiger partial charge in [-0.1, -0.05) is 0 Å². The molecule has 0 N–H and O–H groups in total. The maximum Gasteiger partial charge on any atom is 0 e. The molecule has 0 aliphatic carbocycles. The van der Waals surface area contributed by atoms with Crippen LogP contribution in [0.25, 0.3) is 0 Å². The molecule has 0 aliphatic heterocycles. The third kappa shape index (κ3) is 9.29. The predicted molar refractivity (Wildman–Crippen MR) is 17.3 cm³/mol. The monoisotopic (exact) mass is 436 g/mol. The summed E-state index contributed by atoms with van der Waals surface area (Å²) < 4.78 is 0. The van der Waals surface area contributed by atoms with Crippen LogP contribution >= 0.6 is 0 Å². The Kier molecular flexibility index (Phi) is 98.2. The summed E-state index contributed by atoms with van der Waals surface area (Å²) in [4.78, 5) is 0. The molecule has 0 bridgehead atoms. The van der Waals surface area contributed by atoms with Gasteiger partial charge in [0.1, 0.15) is 0 Å². The van der Waals surface area contributed by atoms with Crippen molar-refractivity contribution >= 4 is 96.4 Å². The van der Waals surface area contributed by atoms with Gasteiger partial charge in [0.25, 0.3) is 0 Å². The van der Waals surface area contributed by atoms with Gasteiger partial charge in [-0.2, -0.15) is 0 Å². The average Bonchev–Trinajstić information content (AvgIpc) is 0. The maximum atomic E-state index is 0. The minimum atomic E-state index is 0. The first-order valence-corrected chi connectivity index (χ1v) is 0. The average molecular weight is 436 g/mol. The third-order valence-corrected chi connectivity index (χ3v) is 0. The van der Waals surface area contributed by atoms with Crippen LogP contribution in [-0.4, -0.2) is 96.4 Å². The summed E-state index contributed by atoms with van der Waals surface area (Å²) in [5, 5.41) is 0. The molecule has 0 aromatic rings. The van der Waals surface area contributed by atoms with E-state index < -0.39 is 0 Å². The molecule has 0 fully saturated rings. The normalized spacial score (nSPS) is 0. The van der Waals surface area contributed by atoms with Crippen molar-refractivity contribution in [1.82, 2.24) is 0 Å². The van der Waals surface area contributed by atoms with Gasteiger partial charge < -0.3 is 0 Å². The molecular weight excluding hydrogens is 436 g/mol. The Bertz CT molecular complexity index is 8.00. The van der Waals surface area contributed by atoms with Gasteiger partial charge in [-0.05, 0) is 0 Å². The van der Waals surface area contributed by atoms with Crippen molar-refractivity contribution in [3.8, 4) is 0 Å². The molecule has 4 heteroatoms. The predicted octanol–water partition coefficient (Wildman–Crippen LogP) is -1.14. The molecule has 0 spiro atoms. The van der Waals surface area contributed by atoms with Crippen LogP contribution in [0, 0.1) is 0 Å². The molecule has 6 radical (unpaired) electrons. The molecular formula is BiKLiTa. The van der Waals surface area contributed by atoms with Crippen molar-refractivity contribution in [3.63, 3.8) is 0 Å². The molecule has 0 nitrogen and oxygen atoms in total. The number of hydrogen-bond donors (Lipinski definition) is 0. The Morgan fingerprint density at radius 2 is 1.00 bits per heavy atom. The van der Waals surface area contributed by atoms with Crippen molar-refractivity contribution in [1.29, 1.82) is 0 Å². The van der Waals surface area contributed by atoms with Gasteiger partial charge in [-0.3, -0.25) is 0 Å². The number of rotatable bonds is 0. The Morgan fingerprint density at radius 3 is 1.00 bits per heavy atom. The van der Waals surface area contributed by atoms with E-state index in [-0.39, 0.29) is 119 Å². The van der Waals surface area contributed by atoms with Crippen LogP contribution in [-0.2, 0) is 22.4 Å². The Labute approximate surface area is 115 Å². The molecule has 0 amide bonds. The van der Waals surface area contributed by atoms with Crippen molar-refractivity contribution in [2.75, 3.05) is 0 Å². The van der Waals surface area contributed by atoms with Gasteiger partial charge in [-0.25, -0.2) is 0 Å². The summed E-state index contributed by atoms with van der Waals surface area (Å²) in [6.45, 7) is 0. The fraction of sp³-hybridized carbons (Fsp3) is 0.